The summed E-state index contributed by atoms with van der Waals surface area (Å²) in [7, 11) is 6.66. The number of aromatic nitrogens is 2. The van der Waals surface area contributed by atoms with E-state index in [2.05, 4.69) is 71.6 Å². The molecule has 0 aliphatic carbocycles. The normalized spacial score (nSPS) is 11.9. The second-order valence-electron chi connectivity index (χ2n) is 8.03. The van der Waals surface area contributed by atoms with E-state index in [1.54, 1.807) is 0 Å². The SMILES string of the molecule is CCN(CC[N+](C)(C)C)c1ccc(N=Nc2nc(-c3ccccc3)ns2)c(C)c1. The molecule has 3 rings (SSSR count). The Balaban J connectivity index is 1.71. The van der Waals surface area contributed by atoms with E-state index < -0.39 is 0 Å². The minimum absolute atomic E-state index is 0.561. The number of rotatable bonds is 8. The van der Waals surface area contributed by atoms with Crippen molar-refractivity contribution in [2.24, 2.45) is 10.2 Å². The Bertz CT molecular complexity index is 959. The van der Waals surface area contributed by atoms with Gasteiger partial charge in [-0.05, 0) is 37.6 Å². The monoisotopic (exact) mass is 409 g/mol. The Hall–Kier alpha value is -2.64. The first kappa shape index (κ1) is 21.1. The van der Waals surface area contributed by atoms with Gasteiger partial charge in [-0.15, -0.1) is 10.2 Å². The molecule has 0 aliphatic rings. The first-order valence-corrected chi connectivity index (χ1v) is 10.6. The van der Waals surface area contributed by atoms with Gasteiger partial charge >= 0.3 is 0 Å². The number of anilines is 1. The smallest absolute Gasteiger partial charge is 0.249 e. The van der Waals surface area contributed by atoms with Gasteiger partial charge < -0.3 is 9.38 Å². The molecule has 0 aliphatic heterocycles. The summed E-state index contributed by atoms with van der Waals surface area (Å²) in [5.74, 6) is 0.687. The van der Waals surface area contributed by atoms with Crippen LogP contribution in [0.5, 0.6) is 0 Å². The van der Waals surface area contributed by atoms with Crippen LogP contribution in [0, 0.1) is 6.92 Å². The number of quaternary nitrogens is 1. The van der Waals surface area contributed by atoms with Gasteiger partial charge in [-0.2, -0.15) is 9.36 Å². The molecule has 0 amide bonds. The third-order valence-electron chi connectivity index (χ3n) is 4.66. The number of nitrogens with zero attached hydrogens (tertiary/aromatic N) is 6. The summed E-state index contributed by atoms with van der Waals surface area (Å²) in [6.45, 7) is 7.36. The van der Waals surface area contributed by atoms with Crippen molar-refractivity contribution in [3.63, 3.8) is 0 Å². The van der Waals surface area contributed by atoms with Crippen LogP contribution in [0.3, 0.4) is 0 Å². The predicted molar refractivity (Wildman–Crippen MR) is 121 cm³/mol. The highest BCUT2D eigenvalue weighted by Gasteiger charge is 2.12. The van der Waals surface area contributed by atoms with E-state index >= 15 is 0 Å². The number of likely N-dealkylation sites (N-methyl/N-ethyl adjacent to an activating group) is 2. The predicted octanol–water partition coefficient (Wildman–Crippen LogP) is 5.46. The van der Waals surface area contributed by atoms with E-state index in [-0.39, 0.29) is 0 Å². The van der Waals surface area contributed by atoms with Crippen molar-refractivity contribution >= 4 is 28.0 Å². The van der Waals surface area contributed by atoms with Crippen molar-refractivity contribution in [2.75, 3.05) is 45.7 Å². The van der Waals surface area contributed by atoms with Crippen LogP contribution in [0.25, 0.3) is 11.4 Å². The quantitative estimate of drug-likeness (QED) is 0.367. The highest BCUT2D eigenvalue weighted by atomic mass is 32.1. The number of hydrogen-bond donors (Lipinski definition) is 0. The van der Waals surface area contributed by atoms with E-state index in [0.29, 0.717) is 11.0 Å². The van der Waals surface area contributed by atoms with Crippen molar-refractivity contribution < 1.29 is 4.48 Å². The third kappa shape index (κ3) is 5.92. The molecule has 2 aromatic carbocycles. The fourth-order valence-corrected chi connectivity index (χ4v) is 3.42. The van der Waals surface area contributed by atoms with Gasteiger partial charge in [-0.25, -0.2) is 0 Å². The summed E-state index contributed by atoms with van der Waals surface area (Å²) in [4.78, 5) is 6.87. The molecule has 6 nitrogen and oxygen atoms in total. The Morgan fingerprint density at radius 1 is 1.03 bits per heavy atom. The zero-order valence-electron chi connectivity index (χ0n) is 17.8. The standard InChI is InChI=1S/C22H29N6S/c1-6-27(14-15-28(3,4)5)19-12-13-20(17(2)16-19)24-25-22-23-21(26-29-22)18-10-8-7-9-11-18/h7-13,16H,6,14-15H2,1-5H3/q+1. The van der Waals surface area contributed by atoms with E-state index in [0.717, 1.165) is 40.9 Å². The molecular weight excluding hydrogens is 380 g/mol. The topological polar surface area (TPSA) is 53.7 Å². The Labute approximate surface area is 177 Å². The molecule has 0 atom stereocenters. The highest BCUT2D eigenvalue weighted by molar-refractivity contribution is 7.09. The maximum atomic E-state index is 4.47. The lowest BCUT2D eigenvalue weighted by molar-refractivity contribution is -0.868. The van der Waals surface area contributed by atoms with Crippen molar-refractivity contribution in [1.29, 1.82) is 0 Å². The lowest BCUT2D eigenvalue weighted by Crippen LogP contribution is -2.42. The molecule has 0 unspecified atom stereocenters. The molecule has 7 heteroatoms. The Morgan fingerprint density at radius 2 is 1.79 bits per heavy atom. The minimum Gasteiger partial charge on any atom is -0.366 e. The second-order valence-corrected chi connectivity index (χ2v) is 8.76. The zero-order valence-corrected chi connectivity index (χ0v) is 18.6. The molecule has 0 spiro atoms. The third-order valence-corrected chi connectivity index (χ3v) is 5.26. The first-order chi connectivity index (χ1) is 13.9. The number of aryl methyl sites for hydroxylation is 1. The minimum atomic E-state index is 0.561. The Morgan fingerprint density at radius 3 is 2.45 bits per heavy atom. The molecule has 1 aromatic heterocycles. The highest BCUT2D eigenvalue weighted by Crippen LogP contribution is 2.28. The molecule has 0 N–H and O–H groups in total. The lowest BCUT2D eigenvalue weighted by Gasteiger charge is -2.29. The molecule has 0 radical (unpaired) electrons. The van der Waals surface area contributed by atoms with Gasteiger partial charge in [0.1, 0.15) is 0 Å². The average Bonchev–Trinajstić information content (AvgIpc) is 3.17. The van der Waals surface area contributed by atoms with Gasteiger partial charge in [-0.3, -0.25) is 0 Å². The fraction of sp³-hybridized carbons (Fsp3) is 0.364. The van der Waals surface area contributed by atoms with Crippen LogP contribution >= 0.6 is 11.5 Å². The molecule has 0 fully saturated rings. The molecule has 29 heavy (non-hydrogen) atoms. The molecule has 152 valence electrons. The largest absolute Gasteiger partial charge is 0.366 e. The van der Waals surface area contributed by atoms with Gasteiger partial charge in [0, 0.05) is 29.3 Å². The van der Waals surface area contributed by atoms with Crippen LogP contribution in [-0.4, -0.2) is 54.6 Å². The van der Waals surface area contributed by atoms with Crippen LogP contribution in [0.1, 0.15) is 12.5 Å². The molecular formula is C22H29N6S+. The van der Waals surface area contributed by atoms with E-state index in [1.165, 1.54) is 17.2 Å². The summed E-state index contributed by atoms with van der Waals surface area (Å²) < 4.78 is 5.33. The van der Waals surface area contributed by atoms with Gasteiger partial charge in [0.05, 0.1) is 39.9 Å². The van der Waals surface area contributed by atoms with E-state index in [4.69, 9.17) is 0 Å². The van der Waals surface area contributed by atoms with Gasteiger partial charge in [0.25, 0.3) is 0 Å². The molecule has 3 aromatic rings. The molecule has 1 heterocycles. The number of benzene rings is 2. The maximum absolute atomic E-state index is 4.47. The summed E-state index contributed by atoms with van der Waals surface area (Å²) in [6, 6.07) is 16.2. The van der Waals surface area contributed by atoms with E-state index in [9.17, 15) is 0 Å². The molecule has 0 bridgehead atoms. The number of hydrogen-bond acceptors (Lipinski definition) is 6. The summed E-state index contributed by atoms with van der Waals surface area (Å²) in [5, 5.41) is 9.27. The zero-order chi connectivity index (χ0) is 20.9. The lowest BCUT2D eigenvalue weighted by atomic mass is 10.1. The van der Waals surface area contributed by atoms with Gasteiger partial charge in [0.15, 0.2) is 5.82 Å². The van der Waals surface area contributed by atoms with Gasteiger partial charge in [-0.1, -0.05) is 30.3 Å². The average molecular weight is 410 g/mol. The van der Waals surface area contributed by atoms with Crippen LogP contribution in [0.15, 0.2) is 58.8 Å². The van der Waals surface area contributed by atoms with Crippen LogP contribution in [-0.2, 0) is 0 Å². The maximum Gasteiger partial charge on any atom is 0.249 e. The Kier molecular flexibility index (Phi) is 6.71. The summed E-state index contributed by atoms with van der Waals surface area (Å²) in [6.07, 6.45) is 0. The second kappa shape index (κ2) is 9.24. The molecule has 0 saturated carbocycles. The number of azo groups is 1. The van der Waals surface area contributed by atoms with Crippen molar-refractivity contribution in [3.8, 4) is 11.4 Å². The van der Waals surface area contributed by atoms with Crippen LogP contribution < -0.4 is 4.90 Å². The summed E-state index contributed by atoms with van der Waals surface area (Å²) in [5.41, 5.74) is 4.16. The first-order valence-electron chi connectivity index (χ1n) is 9.82. The fourth-order valence-electron chi connectivity index (χ4n) is 2.90. The molecule has 0 saturated heterocycles. The van der Waals surface area contributed by atoms with Crippen LogP contribution in [0.2, 0.25) is 0 Å². The summed E-state index contributed by atoms with van der Waals surface area (Å²) >= 11 is 1.26. The van der Waals surface area contributed by atoms with Crippen LogP contribution in [0.4, 0.5) is 16.5 Å². The van der Waals surface area contributed by atoms with Crippen molar-refractivity contribution in [1.82, 2.24) is 9.36 Å². The van der Waals surface area contributed by atoms with Gasteiger partial charge in [0.2, 0.25) is 5.13 Å². The van der Waals surface area contributed by atoms with Crippen molar-refractivity contribution in [3.05, 3.63) is 54.1 Å². The van der Waals surface area contributed by atoms with E-state index in [1.807, 2.05) is 36.4 Å². The van der Waals surface area contributed by atoms with Crippen molar-refractivity contribution in [2.45, 2.75) is 13.8 Å².